The van der Waals surface area contributed by atoms with Gasteiger partial charge in [-0.15, -0.1) is 0 Å². The highest BCUT2D eigenvalue weighted by Gasteiger charge is 2.12. The number of benzene rings is 1. The molecule has 0 bridgehead atoms. The highest BCUT2D eigenvalue weighted by atomic mass is 15.2. The Bertz CT molecular complexity index is 608. The summed E-state index contributed by atoms with van der Waals surface area (Å²) in [4.78, 5) is 1.99. The molecule has 2 nitrogen and oxygen atoms in total. The quantitative estimate of drug-likeness (QED) is 0.395. The van der Waals surface area contributed by atoms with Gasteiger partial charge in [0.1, 0.15) is 5.84 Å². The molecule has 2 rings (SSSR count). The lowest BCUT2D eigenvalue weighted by atomic mass is 10.00. The molecule has 1 aliphatic carbocycles. The van der Waals surface area contributed by atoms with E-state index >= 15 is 0 Å². The number of hydrogen-bond acceptors (Lipinski definition) is 1. The van der Waals surface area contributed by atoms with Crippen molar-refractivity contribution in [1.29, 1.82) is 5.41 Å². The normalized spacial score (nSPS) is 13.3. The Morgan fingerprint density at radius 2 is 2.00 bits per heavy atom. The fourth-order valence-corrected chi connectivity index (χ4v) is 2.72. The number of hydrogen-bond donors (Lipinski definition) is 1. The maximum atomic E-state index is 8.44. The fourth-order valence-electron chi connectivity index (χ4n) is 2.72. The predicted molar refractivity (Wildman–Crippen MR) is 99.6 cm³/mol. The second kappa shape index (κ2) is 8.94. The second-order valence-corrected chi connectivity index (χ2v) is 5.82. The first-order valence-corrected chi connectivity index (χ1v) is 8.25. The van der Waals surface area contributed by atoms with Gasteiger partial charge in [-0.3, -0.25) is 5.41 Å². The number of amidine groups is 1. The van der Waals surface area contributed by atoms with Crippen LogP contribution in [0.3, 0.4) is 0 Å². The highest BCUT2D eigenvalue weighted by Crippen LogP contribution is 2.19. The summed E-state index contributed by atoms with van der Waals surface area (Å²) in [5, 5.41) is 8.44. The SMILES string of the molecule is C=CC(=C)N(CCc1ccccc1)C(=N)CCC1=CC=CCC1. The molecule has 120 valence electrons. The lowest BCUT2D eigenvalue weighted by Crippen LogP contribution is -2.30. The molecule has 23 heavy (non-hydrogen) atoms. The Morgan fingerprint density at radius 3 is 2.65 bits per heavy atom. The van der Waals surface area contributed by atoms with Crippen LogP contribution in [0.15, 0.2) is 79.1 Å². The third-order valence-electron chi connectivity index (χ3n) is 4.16. The van der Waals surface area contributed by atoms with E-state index in [0.717, 1.165) is 44.3 Å². The average Bonchev–Trinajstić information content (AvgIpc) is 2.61. The summed E-state index contributed by atoms with van der Waals surface area (Å²) < 4.78 is 0. The second-order valence-electron chi connectivity index (χ2n) is 5.82. The summed E-state index contributed by atoms with van der Waals surface area (Å²) in [5.41, 5.74) is 3.52. The molecule has 1 aromatic rings. The van der Waals surface area contributed by atoms with Gasteiger partial charge in [-0.05, 0) is 37.3 Å². The van der Waals surface area contributed by atoms with Crippen LogP contribution < -0.4 is 0 Å². The van der Waals surface area contributed by atoms with Gasteiger partial charge in [0.2, 0.25) is 0 Å². The van der Waals surface area contributed by atoms with Gasteiger partial charge < -0.3 is 4.90 Å². The smallest absolute Gasteiger partial charge is 0.101 e. The Labute approximate surface area is 140 Å². The lowest BCUT2D eigenvalue weighted by Gasteiger charge is -2.26. The summed E-state index contributed by atoms with van der Waals surface area (Å²) >= 11 is 0. The topological polar surface area (TPSA) is 27.1 Å². The zero-order chi connectivity index (χ0) is 16.5. The molecule has 0 saturated carbocycles. The Balaban J connectivity index is 1.92. The molecule has 1 aromatic carbocycles. The molecule has 0 fully saturated rings. The number of allylic oxidation sites excluding steroid dienone is 5. The number of nitrogens with zero attached hydrogens (tertiary/aromatic N) is 1. The van der Waals surface area contributed by atoms with Crippen LogP contribution >= 0.6 is 0 Å². The van der Waals surface area contributed by atoms with Crippen LogP contribution in [-0.2, 0) is 6.42 Å². The van der Waals surface area contributed by atoms with Gasteiger partial charge in [-0.1, -0.05) is 67.3 Å². The summed E-state index contributed by atoms with van der Waals surface area (Å²) in [7, 11) is 0. The molecule has 1 aliphatic rings. The van der Waals surface area contributed by atoms with Crippen LogP contribution in [0.5, 0.6) is 0 Å². The van der Waals surface area contributed by atoms with Crippen molar-refractivity contribution in [2.24, 2.45) is 0 Å². The van der Waals surface area contributed by atoms with Crippen LogP contribution in [0.4, 0.5) is 0 Å². The van der Waals surface area contributed by atoms with E-state index < -0.39 is 0 Å². The van der Waals surface area contributed by atoms with Gasteiger partial charge >= 0.3 is 0 Å². The van der Waals surface area contributed by atoms with Crippen molar-refractivity contribution >= 4 is 5.84 Å². The predicted octanol–water partition coefficient (Wildman–Crippen LogP) is 5.26. The van der Waals surface area contributed by atoms with Crippen LogP contribution in [-0.4, -0.2) is 17.3 Å². The van der Waals surface area contributed by atoms with Crippen molar-refractivity contribution in [3.05, 3.63) is 84.6 Å². The van der Waals surface area contributed by atoms with Crippen LogP contribution in [0.1, 0.15) is 31.2 Å². The zero-order valence-corrected chi connectivity index (χ0v) is 13.8. The molecule has 0 atom stereocenters. The van der Waals surface area contributed by atoms with Gasteiger partial charge in [-0.2, -0.15) is 0 Å². The highest BCUT2D eigenvalue weighted by molar-refractivity contribution is 5.81. The van der Waals surface area contributed by atoms with Gasteiger partial charge in [0.15, 0.2) is 0 Å². The van der Waals surface area contributed by atoms with Crippen LogP contribution in [0.25, 0.3) is 0 Å². The largest absolute Gasteiger partial charge is 0.331 e. The molecule has 0 spiro atoms. The third kappa shape index (κ3) is 5.41. The maximum absolute atomic E-state index is 8.44. The molecule has 0 saturated heterocycles. The third-order valence-corrected chi connectivity index (χ3v) is 4.16. The van der Waals surface area contributed by atoms with Gasteiger partial charge in [-0.25, -0.2) is 0 Å². The molecule has 0 radical (unpaired) electrons. The van der Waals surface area contributed by atoms with E-state index in [0.29, 0.717) is 5.84 Å². The monoisotopic (exact) mass is 306 g/mol. The molecule has 0 amide bonds. The number of nitrogens with one attached hydrogen (secondary N) is 1. The Kier molecular flexibility index (Phi) is 6.61. The first-order valence-electron chi connectivity index (χ1n) is 8.25. The van der Waals surface area contributed by atoms with Crippen molar-refractivity contribution in [3.63, 3.8) is 0 Å². The van der Waals surface area contributed by atoms with Gasteiger partial charge in [0, 0.05) is 18.7 Å². The molecule has 0 aromatic heterocycles. The molecular weight excluding hydrogens is 280 g/mol. The van der Waals surface area contributed by atoms with Gasteiger partial charge in [0.25, 0.3) is 0 Å². The van der Waals surface area contributed by atoms with E-state index in [2.05, 4.69) is 55.7 Å². The van der Waals surface area contributed by atoms with Crippen LogP contribution in [0.2, 0.25) is 0 Å². The van der Waals surface area contributed by atoms with E-state index in [1.54, 1.807) is 6.08 Å². The summed E-state index contributed by atoms with van der Waals surface area (Å²) in [6.45, 7) is 8.62. The molecule has 0 heterocycles. The zero-order valence-electron chi connectivity index (χ0n) is 13.8. The first-order chi connectivity index (χ1) is 11.2. The fraction of sp³-hybridized carbons (Fsp3) is 0.286. The van der Waals surface area contributed by atoms with E-state index in [4.69, 9.17) is 5.41 Å². The van der Waals surface area contributed by atoms with E-state index in [-0.39, 0.29) is 0 Å². The molecule has 2 heteroatoms. The molecule has 0 aliphatic heterocycles. The first kappa shape index (κ1) is 17.0. The minimum Gasteiger partial charge on any atom is -0.331 e. The van der Waals surface area contributed by atoms with Crippen molar-refractivity contribution < 1.29 is 0 Å². The van der Waals surface area contributed by atoms with Crippen LogP contribution in [0, 0.1) is 5.41 Å². The minimum atomic E-state index is 0.626. The van der Waals surface area contributed by atoms with Crippen molar-refractivity contribution in [3.8, 4) is 0 Å². The Hall–Kier alpha value is -2.35. The minimum absolute atomic E-state index is 0.626. The summed E-state index contributed by atoms with van der Waals surface area (Å²) in [5.74, 6) is 0.626. The molecular formula is C21H26N2. The summed E-state index contributed by atoms with van der Waals surface area (Å²) in [6.07, 6.45) is 13.1. The summed E-state index contributed by atoms with van der Waals surface area (Å²) in [6, 6.07) is 10.4. The Morgan fingerprint density at radius 1 is 1.22 bits per heavy atom. The maximum Gasteiger partial charge on any atom is 0.101 e. The average molecular weight is 306 g/mol. The van der Waals surface area contributed by atoms with E-state index in [9.17, 15) is 0 Å². The van der Waals surface area contributed by atoms with Crippen molar-refractivity contribution in [1.82, 2.24) is 4.90 Å². The number of rotatable bonds is 8. The molecule has 0 unspecified atom stereocenters. The van der Waals surface area contributed by atoms with Crippen molar-refractivity contribution in [2.75, 3.05) is 6.54 Å². The lowest BCUT2D eigenvalue weighted by molar-refractivity contribution is 0.514. The van der Waals surface area contributed by atoms with Gasteiger partial charge in [0.05, 0.1) is 0 Å². The standard InChI is InChI=1S/C21H26N2/c1-3-18(2)23(17-16-20-12-8-5-9-13-20)21(22)15-14-19-10-6-4-7-11-19/h3-6,8-10,12-13,22H,1-2,7,11,14-17H2. The molecule has 1 N–H and O–H groups in total. The van der Waals surface area contributed by atoms with E-state index in [1.807, 2.05) is 11.0 Å². The van der Waals surface area contributed by atoms with Crippen molar-refractivity contribution in [2.45, 2.75) is 32.1 Å². The van der Waals surface area contributed by atoms with E-state index in [1.165, 1.54) is 11.1 Å².